The van der Waals surface area contributed by atoms with Crippen molar-refractivity contribution >= 4 is 17.4 Å². The monoisotopic (exact) mass is 252 g/mol. The summed E-state index contributed by atoms with van der Waals surface area (Å²) in [5.41, 5.74) is 1.56. The molecule has 1 aliphatic rings. The Hall–Kier alpha value is -1.02. The SMILES string of the molecule is COc1c(C)cc(Cl)cc1C(=O)C1CCCC1. The van der Waals surface area contributed by atoms with Crippen LogP contribution in [-0.2, 0) is 0 Å². The predicted molar refractivity (Wildman–Crippen MR) is 69.0 cm³/mol. The van der Waals surface area contributed by atoms with Crippen LogP contribution in [0.5, 0.6) is 5.75 Å². The molecule has 0 radical (unpaired) electrons. The summed E-state index contributed by atoms with van der Waals surface area (Å²) in [5.74, 6) is 1.01. The van der Waals surface area contributed by atoms with Crippen LogP contribution in [0.1, 0.15) is 41.6 Å². The molecule has 0 heterocycles. The third-order valence-corrected chi connectivity index (χ3v) is 3.65. The largest absolute Gasteiger partial charge is 0.496 e. The van der Waals surface area contributed by atoms with Gasteiger partial charge < -0.3 is 4.74 Å². The highest BCUT2D eigenvalue weighted by Gasteiger charge is 2.26. The van der Waals surface area contributed by atoms with Crippen LogP contribution in [-0.4, -0.2) is 12.9 Å². The number of methoxy groups -OCH3 is 1. The highest BCUT2D eigenvalue weighted by atomic mass is 35.5. The molecule has 1 aromatic carbocycles. The number of rotatable bonds is 3. The van der Waals surface area contributed by atoms with Crippen LogP contribution >= 0.6 is 11.6 Å². The van der Waals surface area contributed by atoms with Gasteiger partial charge in [-0.2, -0.15) is 0 Å². The summed E-state index contributed by atoms with van der Waals surface area (Å²) < 4.78 is 5.33. The Balaban J connectivity index is 2.39. The number of benzene rings is 1. The predicted octanol–water partition coefficient (Wildman–Crippen LogP) is 4.03. The van der Waals surface area contributed by atoms with E-state index < -0.39 is 0 Å². The first-order valence-corrected chi connectivity index (χ1v) is 6.39. The standard InChI is InChI=1S/C14H17ClO2/c1-9-7-11(15)8-12(14(9)17-2)13(16)10-5-3-4-6-10/h7-8,10H,3-6H2,1-2H3. The quantitative estimate of drug-likeness (QED) is 0.760. The Labute approximate surface area is 107 Å². The molecule has 0 aromatic heterocycles. The van der Waals surface area contributed by atoms with E-state index in [2.05, 4.69) is 0 Å². The minimum Gasteiger partial charge on any atom is -0.496 e. The lowest BCUT2D eigenvalue weighted by molar-refractivity contribution is 0.0919. The van der Waals surface area contributed by atoms with Gasteiger partial charge in [0, 0.05) is 10.9 Å². The van der Waals surface area contributed by atoms with Crippen molar-refractivity contribution in [2.75, 3.05) is 7.11 Å². The molecule has 1 saturated carbocycles. The van der Waals surface area contributed by atoms with E-state index in [9.17, 15) is 4.79 Å². The van der Waals surface area contributed by atoms with Gasteiger partial charge in [-0.15, -0.1) is 0 Å². The van der Waals surface area contributed by atoms with E-state index in [0.29, 0.717) is 16.3 Å². The zero-order valence-corrected chi connectivity index (χ0v) is 11.0. The number of ketones is 1. The Kier molecular flexibility index (Phi) is 3.72. The molecular formula is C14H17ClO2. The summed E-state index contributed by atoms with van der Waals surface area (Å²) in [6, 6.07) is 3.56. The number of hydrogen-bond donors (Lipinski definition) is 0. The molecule has 3 heteroatoms. The molecule has 0 unspecified atom stereocenters. The fourth-order valence-electron chi connectivity index (χ4n) is 2.59. The number of halogens is 1. The number of carbonyl (C=O) groups is 1. The zero-order chi connectivity index (χ0) is 12.4. The van der Waals surface area contributed by atoms with E-state index in [4.69, 9.17) is 16.3 Å². The van der Waals surface area contributed by atoms with Crippen LogP contribution in [0, 0.1) is 12.8 Å². The second kappa shape index (κ2) is 5.09. The Morgan fingerprint density at radius 1 is 1.35 bits per heavy atom. The number of Topliss-reactive ketones (excluding diaryl/α,β-unsaturated/α-hetero) is 1. The summed E-state index contributed by atoms with van der Waals surface area (Å²) in [4.78, 5) is 12.4. The highest BCUT2D eigenvalue weighted by Crippen LogP contribution is 2.34. The van der Waals surface area contributed by atoms with Crippen LogP contribution < -0.4 is 4.74 Å². The van der Waals surface area contributed by atoms with Gasteiger partial charge in [0.05, 0.1) is 12.7 Å². The lowest BCUT2D eigenvalue weighted by Crippen LogP contribution is -2.13. The molecule has 0 saturated heterocycles. The van der Waals surface area contributed by atoms with Crippen molar-refractivity contribution in [3.05, 3.63) is 28.3 Å². The van der Waals surface area contributed by atoms with Crippen molar-refractivity contribution in [1.29, 1.82) is 0 Å². The van der Waals surface area contributed by atoms with Gasteiger partial charge in [0.15, 0.2) is 5.78 Å². The van der Waals surface area contributed by atoms with E-state index in [1.165, 1.54) is 0 Å². The molecule has 1 fully saturated rings. The molecule has 0 aliphatic heterocycles. The fourth-order valence-corrected chi connectivity index (χ4v) is 2.86. The van der Waals surface area contributed by atoms with E-state index in [-0.39, 0.29) is 11.7 Å². The lowest BCUT2D eigenvalue weighted by atomic mass is 9.94. The fraction of sp³-hybridized carbons (Fsp3) is 0.500. The van der Waals surface area contributed by atoms with Crippen molar-refractivity contribution < 1.29 is 9.53 Å². The Morgan fingerprint density at radius 3 is 2.59 bits per heavy atom. The van der Waals surface area contributed by atoms with E-state index >= 15 is 0 Å². The first kappa shape index (κ1) is 12.4. The van der Waals surface area contributed by atoms with Crippen molar-refractivity contribution in [1.82, 2.24) is 0 Å². The smallest absolute Gasteiger partial charge is 0.169 e. The molecule has 2 nitrogen and oxygen atoms in total. The third-order valence-electron chi connectivity index (χ3n) is 3.43. The van der Waals surface area contributed by atoms with Crippen molar-refractivity contribution in [2.45, 2.75) is 32.6 Å². The van der Waals surface area contributed by atoms with Gasteiger partial charge in [-0.3, -0.25) is 4.79 Å². The molecule has 17 heavy (non-hydrogen) atoms. The van der Waals surface area contributed by atoms with Gasteiger partial charge in [0.2, 0.25) is 0 Å². The summed E-state index contributed by atoms with van der Waals surface area (Å²) >= 11 is 6.02. The molecule has 92 valence electrons. The molecule has 0 N–H and O–H groups in total. The first-order valence-electron chi connectivity index (χ1n) is 6.02. The van der Waals surface area contributed by atoms with Gasteiger partial charge >= 0.3 is 0 Å². The van der Waals surface area contributed by atoms with Crippen molar-refractivity contribution in [3.8, 4) is 5.75 Å². The van der Waals surface area contributed by atoms with Crippen molar-refractivity contribution in [2.24, 2.45) is 5.92 Å². The molecule has 0 amide bonds. The van der Waals surface area contributed by atoms with Gasteiger partial charge in [-0.25, -0.2) is 0 Å². The summed E-state index contributed by atoms with van der Waals surface area (Å²) in [5, 5.41) is 0.602. The molecule has 0 bridgehead atoms. The second-order valence-electron chi connectivity index (χ2n) is 4.65. The van der Waals surface area contributed by atoms with Crippen LogP contribution in [0.4, 0.5) is 0 Å². The zero-order valence-electron chi connectivity index (χ0n) is 10.3. The average Bonchev–Trinajstić information content (AvgIpc) is 2.80. The number of hydrogen-bond acceptors (Lipinski definition) is 2. The van der Waals surface area contributed by atoms with Gasteiger partial charge in [-0.1, -0.05) is 24.4 Å². The number of carbonyl (C=O) groups excluding carboxylic acids is 1. The maximum absolute atomic E-state index is 12.4. The number of aryl methyl sites for hydroxylation is 1. The summed E-state index contributed by atoms with van der Waals surface area (Å²) in [6.45, 7) is 1.91. The maximum atomic E-state index is 12.4. The Morgan fingerprint density at radius 2 is 2.00 bits per heavy atom. The molecule has 1 aliphatic carbocycles. The Bertz CT molecular complexity index is 434. The van der Waals surface area contributed by atoms with Crippen LogP contribution in [0.3, 0.4) is 0 Å². The maximum Gasteiger partial charge on any atom is 0.169 e. The molecule has 1 aromatic rings. The van der Waals surface area contributed by atoms with Crippen LogP contribution in [0.25, 0.3) is 0 Å². The third kappa shape index (κ3) is 2.47. The van der Waals surface area contributed by atoms with Gasteiger partial charge in [0.1, 0.15) is 5.75 Å². The first-order chi connectivity index (χ1) is 8.13. The normalized spacial score (nSPS) is 16.2. The topological polar surface area (TPSA) is 26.3 Å². The molecule has 2 rings (SSSR count). The highest BCUT2D eigenvalue weighted by molar-refractivity contribution is 6.31. The lowest BCUT2D eigenvalue weighted by Gasteiger charge is -2.14. The average molecular weight is 253 g/mol. The summed E-state index contributed by atoms with van der Waals surface area (Å²) in [6.07, 6.45) is 4.29. The summed E-state index contributed by atoms with van der Waals surface area (Å²) in [7, 11) is 1.60. The van der Waals surface area contributed by atoms with Crippen LogP contribution in [0.15, 0.2) is 12.1 Å². The van der Waals surface area contributed by atoms with Crippen molar-refractivity contribution in [3.63, 3.8) is 0 Å². The van der Waals surface area contributed by atoms with Gasteiger partial charge in [-0.05, 0) is 37.5 Å². The second-order valence-corrected chi connectivity index (χ2v) is 5.09. The molecular weight excluding hydrogens is 236 g/mol. The minimum absolute atomic E-state index is 0.154. The van der Waals surface area contributed by atoms with Crippen LogP contribution in [0.2, 0.25) is 5.02 Å². The molecule has 0 atom stereocenters. The minimum atomic E-state index is 0.154. The number of ether oxygens (including phenoxy) is 1. The van der Waals surface area contributed by atoms with E-state index in [1.54, 1.807) is 13.2 Å². The van der Waals surface area contributed by atoms with Gasteiger partial charge in [0.25, 0.3) is 0 Å². The molecule has 0 spiro atoms. The van der Waals surface area contributed by atoms with E-state index in [1.807, 2.05) is 13.0 Å². The van der Waals surface area contributed by atoms with E-state index in [0.717, 1.165) is 31.2 Å².